The van der Waals surface area contributed by atoms with Crippen LogP contribution in [-0.4, -0.2) is 11.4 Å². The molecule has 1 heterocycles. The standard InChI is InChI=1S/C16H19ClO2/c1-9(18)6-7-12-10(2)11(3)13-8-16(4,5)19-15(13)14(12)17/h6-7H,8H2,1-5H3. The number of fused-ring (bicyclic) bond motifs is 1. The lowest BCUT2D eigenvalue weighted by atomic mass is 9.92. The van der Waals surface area contributed by atoms with Crippen LogP contribution in [0.25, 0.3) is 6.08 Å². The summed E-state index contributed by atoms with van der Waals surface area (Å²) < 4.78 is 5.96. The molecule has 19 heavy (non-hydrogen) atoms. The molecule has 1 aliphatic heterocycles. The first kappa shape index (κ1) is 14.1. The second kappa shape index (κ2) is 4.68. The Morgan fingerprint density at radius 1 is 1.32 bits per heavy atom. The lowest BCUT2D eigenvalue weighted by Crippen LogP contribution is -2.24. The van der Waals surface area contributed by atoms with E-state index >= 15 is 0 Å². The Labute approximate surface area is 119 Å². The molecular weight excluding hydrogens is 260 g/mol. The van der Waals surface area contributed by atoms with Crippen LogP contribution in [0.4, 0.5) is 0 Å². The lowest BCUT2D eigenvalue weighted by molar-refractivity contribution is -0.112. The molecule has 102 valence electrons. The summed E-state index contributed by atoms with van der Waals surface area (Å²) in [6.45, 7) is 9.76. The maximum atomic E-state index is 11.1. The van der Waals surface area contributed by atoms with E-state index in [4.69, 9.17) is 16.3 Å². The van der Waals surface area contributed by atoms with Gasteiger partial charge in [-0.3, -0.25) is 4.79 Å². The van der Waals surface area contributed by atoms with Gasteiger partial charge in [0, 0.05) is 17.5 Å². The number of carbonyl (C=O) groups is 1. The first-order valence-electron chi connectivity index (χ1n) is 6.42. The SMILES string of the molecule is CC(=O)C=Cc1c(C)c(C)c2c(c1Cl)OC(C)(C)C2. The van der Waals surface area contributed by atoms with E-state index in [9.17, 15) is 4.79 Å². The second-order valence-corrected chi connectivity index (χ2v) is 6.15. The Bertz CT molecular complexity index is 583. The average molecular weight is 279 g/mol. The van der Waals surface area contributed by atoms with Crippen molar-refractivity contribution in [2.75, 3.05) is 0 Å². The van der Waals surface area contributed by atoms with Crippen molar-refractivity contribution in [2.45, 2.75) is 46.6 Å². The first-order valence-corrected chi connectivity index (χ1v) is 6.80. The highest BCUT2D eigenvalue weighted by Gasteiger charge is 2.34. The number of allylic oxidation sites excluding steroid dienone is 1. The molecule has 0 spiro atoms. The zero-order valence-electron chi connectivity index (χ0n) is 12.1. The summed E-state index contributed by atoms with van der Waals surface area (Å²) in [5.41, 5.74) is 4.17. The van der Waals surface area contributed by atoms with Crippen molar-refractivity contribution in [2.24, 2.45) is 0 Å². The van der Waals surface area contributed by atoms with Crippen LogP contribution in [0.5, 0.6) is 5.75 Å². The van der Waals surface area contributed by atoms with Gasteiger partial charge in [-0.25, -0.2) is 0 Å². The van der Waals surface area contributed by atoms with E-state index in [1.165, 1.54) is 18.1 Å². The van der Waals surface area contributed by atoms with Crippen LogP contribution in [0.15, 0.2) is 6.08 Å². The van der Waals surface area contributed by atoms with Gasteiger partial charge in [-0.15, -0.1) is 0 Å². The first-order chi connectivity index (χ1) is 8.73. The van der Waals surface area contributed by atoms with Gasteiger partial charge in [0.05, 0.1) is 5.02 Å². The highest BCUT2D eigenvalue weighted by molar-refractivity contribution is 6.34. The van der Waals surface area contributed by atoms with Crippen molar-refractivity contribution in [3.63, 3.8) is 0 Å². The van der Waals surface area contributed by atoms with Crippen molar-refractivity contribution in [1.82, 2.24) is 0 Å². The van der Waals surface area contributed by atoms with Gasteiger partial charge in [0.15, 0.2) is 5.78 Å². The summed E-state index contributed by atoms with van der Waals surface area (Å²) in [4.78, 5) is 11.1. The van der Waals surface area contributed by atoms with E-state index < -0.39 is 0 Å². The Balaban J connectivity index is 2.61. The molecule has 0 saturated heterocycles. The van der Waals surface area contributed by atoms with E-state index in [-0.39, 0.29) is 11.4 Å². The summed E-state index contributed by atoms with van der Waals surface area (Å²) >= 11 is 6.45. The Morgan fingerprint density at radius 3 is 2.53 bits per heavy atom. The van der Waals surface area contributed by atoms with Crippen LogP contribution < -0.4 is 4.74 Å². The summed E-state index contributed by atoms with van der Waals surface area (Å²) in [5.74, 6) is 0.785. The van der Waals surface area contributed by atoms with Crippen LogP contribution in [0.2, 0.25) is 5.02 Å². The van der Waals surface area contributed by atoms with E-state index in [1.54, 1.807) is 12.2 Å². The number of benzene rings is 1. The fourth-order valence-electron chi connectivity index (χ4n) is 2.47. The Kier molecular flexibility index (Phi) is 3.48. The third-order valence-corrected chi connectivity index (χ3v) is 3.97. The van der Waals surface area contributed by atoms with Crippen molar-refractivity contribution >= 4 is 23.5 Å². The number of ketones is 1. The van der Waals surface area contributed by atoms with Crippen molar-refractivity contribution < 1.29 is 9.53 Å². The van der Waals surface area contributed by atoms with Crippen molar-refractivity contribution in [3.05, 3.63) is 33.4 Å². The largest absolute Gasteiger partial charge is 0.486 e. The van der Waals surface area contributed by atoms with Crippen LogP contribution in [-0.2, 0) is 11.2 Å². The monoisotopic (exact) mass is 278 g/mol. The van der Waals surface area contributed by atoms with Crippen LogP contribution in [0.3, 0.4) is 0 Å². The molecule has 1 aromatic carbocycles. The van der Waals surface area contributed by atoms with Crippen molar-refractivity contribution in [1.29, 1.82) is 0 Å². The number of ether oxygens (including phenoxy) is 1. The topological polar surface area (TPSA) is 26.3 Å². The maximum absolute atomic E-state index is 11.1. The normalized spacial score (nSPS) is 16.5. The molecule has 0 fully saturated rings. The number of hydrogen-bond acceptors (Lipinski definition) is 2. The quantitative estimate of drug-likeness (QED) is 0.755. The van der Waals surface area contributed by atoms with E-state index in [2.05, 4.69) is 20.8 Å². The molecule has 0 unspecified atom stereocenters. The summed E-state index contributed by atoms with van der Waals surface area (Å²) in [6, 6.07) is 0. The van der Waals surface area contributed by atoms with Crippen LogP contribution in [0.1, 0.15) is 43.0 Å². The van der Waals surface area contributed by atoms with Gasteiger partial charge in [-0.05, 0) is 57.9 Å². The zero-order chi connectivity index (χ0) is 14.4. The molecule has 0 aliphatic carbocycles. The predicted octanol–water partition coefficient (Wildman–Crippen LogP) is 4.27. The fraction of sp³-hybridized carbons (Fsp3) is 0.438. The Morgan fingerprint density at radius 2 is 1.95 bits per heavy atom. The molecular formula is C16H19ClO2. The highest BCUT2D eigenvalue weighted by Crippen LogP contribution is 2.45. The summed E-state index contributed by atoms with van der Waals surface area (Å²) in [7, 11) is 0. The molecule has 0 N–H and O–H groups in total. The smallest absolute Gasteiger partial charge is 0.152 e. The molecule has 0 atom stereocenters. The third kappa shape index (κ3) is 2.55. The predicted molar refractivity (Wildman–Crippen MR) is 79.1 cm³/mol. The number of rotatable bonds is 2. The van der Waals surface area contributed by atoms with Crippen LogP contribution >= 0.6 is 11.6 Å². The minimum atomic E-state index is -0.216. The molecule has 1 aromatic rings. The van der Waals surface area contributed by atoms with Crippen molar-refractivity contribution in [3.8, 4) is 5.75 Å². The number of halogens is 1. The molecule has 2 rings (SSSR count). The van der Waals surface area contributed by atoms with E-state index in [0.717, 1.165) is 23.3 Å². The van der Waals surface area contributed by atoms with Gasteiger partial charge in [-0.1, -0.05) is 11.6 Å². The van der Waals surface area contributed by atoms with Gasteiger partial charge in [0.2, 0.25) is 0 Å². The highest BCUT2D eigenvalue weighted by atomic mass is 35.5. The molecule has 0 amide bonds. The van der Waals surface area contributed by atoms with Gasteiger partial charge in [-0.2, -0.15) is 0 Å². The van der Waals surface area contributed by atoms with Gasteiger partial charge in [0.25, 0.3) is 0 Å². The fourth-order valence-corrected chi connectivity index (χ4v) is 2.83. The number of hydrogen-bond donors (Lipinski definition) is 0. The maximum Gasteiger partial charge on any atom is 0.152 e. The Hall–Kier alpha value is -1.28. The van der Waals surface area contributed by atoms with Gasteiger partial charge < -0.3 is 4.74 Å². The molecule has 0 bridgehead atoms. The van der Waals surface area contributed by atoms with E-state index in [0.29, 0.717) is 5.02 Å². The molecule has 0 aromatic heterocycles. The minimum Gasteiger partial charge on any atom is -0.486 e. The average Bonchev–Trinajstić information content (AvgIpc) is 2.62. The molecule has 0 saturated carbocycles. The van der Waals surface area contributed by atoms with E-state index in [1.807, 2.05) is 6.92 Å². The molecule has 1 aliphatic rings. The molecule has 2 nitrogen and oxygen atoms in total. The van der Waals surface area contributed by atoms with Crippen LogP contribution in [0, 0.1) is 13.8 Å². The lowest BCUT2D eigenvalue weighted by Gasteiger charge is -2.17. The summed E-state index contributed by atoms with van der Waals surface area (Å²) in [6.07, 6.45) is 4.19. The van der Waals surface area contributed by atoms with Gasteiger partial charge >= 0.3 is 0 Å². The number of carbonyl (C=O) groups excluding carboxylic acids is 1. The van der Waals surface area contributed by atoms with Gasteiger partial charge in [0.1, 0.15) is 11.4 Å². The summed E-state index contributed by atoms with van der Waals surface area (Å²) in [5, 5.41) is 0.612. The second-order valence-electron chi connectivity index (χ2n) is 5.77. The molecule has 0 radical (unpaired) electrons. The third-order valence-electron chi connectivity index (χ3n) is 3.59. The molecule has 3 heteroatoms. The minimum absolute atomic E-state index is 0.00914. The zero-order valence-corrected chi connectivity index (χ0v) is 12.8.